The maximum absolute atomic E-state index is 12.8. The smallest absolute Gasteiger partial charge is 0.238 e. The van der Waals surface area contributed by atoms with Gasteiger partial charge in [0.05, 0.1) is 34.7 Å². The third kappa shape index (κ3) is 2.97. The normalized spacial score (nSPS) is 14.8. The third-order valence-electron chi connectivity index (χ3n) is 5.11. The lowest BCUT2D eigenvalue weighted by atomic mass is 9.94. The fraction of sp³-hybridized carbons (Fsp3) is 0.0435. The maximum Gasteiger partial charge on any atom is 0.238 e. The van der Waals surface area contributed by atoms with E-state index >= 15 is 0 Å². The number of aromatic nitrogens is 2. The summed E-state index contributed by atoms with van der Waals surface area (Å²) in [4.78, 5) is 21.7. The topological polar surface area (TPSA) is 117 Å². The fourth-order valence-corrected chi connectivity index (χ4v) is 3.71. The molecule has 4 aromatic rings. The second-order valence-corrected chi connectivity index (χ2v) is 7.04. The van der Waals surface area contributed by atoms with Gasteiger partial charge in [-0.15, -0.1) is 0 Å². The number of para-hydroxylation sites is 1. The van der Waals surface area contributed by atoms with Crippen LogP contribution in [0.2, 0.25) is 0 Å². The first-order valence-corrected chi connectivity index (χ1v) is 9.35. The van der Waals surface area contributed by atoms with Crippen molar-refractivity contribution in [2.75, 3.05) is 16.4 Å². The summed E-state index contributed by atoms with van der Waals surface area (Å²) in [6, 6.07) is 20.5. The zero-order valence-corrected chi connectivity index (χ0v) is 15.8. The van der Waals surface area contributed by atoms with Crippen LogP contribution in [0.1, 0.15) is 22.7 Å². The molecular formula is C23H16N6O. The Morgan fingerprint density at radius 2 is 1.97 bits per heavy atom. The number of carbonyl (C=O) groups is 1. The number of nitriles is 1. The molecule has 1 atom stereocenters. The number of nitrogens with one attached hydrogen (secondary N) is 2. The molecule has 30 heavy (non-hydrogen) atoms. The average molecular weight is 392 g/mol. The Bertz CT molecular complexity index is 1340. The second-order valence-electron chi connectivity index (χ2n) is 7.04. The molecule has 0 radical (unpaired) electrons. The van der Waals surface area contributed by atoms with Crippen LogP contribution in [-0.2, 0) is 4.79 Å². The Balaban J connectivity index is 1.65. The number of rotatable bonds is 3. The minimum absolute atomic E-state index is 0.164. The quantitative estimate of drug-likeness (QED) is 0.487. The standard InChI is InChI=1S/C23H16N6O/c24-11-13-5-7-18-16(9-13)22(23(30)29-18)20-10-19(15-3-1-2-4-17(15)28-20)27-14-6-8-21(25)26-12-14/h1-10,12,22H,(H2,25,26)(H,27,28)(H,29,30). The number of anilines is 4. The van der Waals surface area contributed by atoms with Gasteiger partial charge in [-0.1, -0.05) is 18.2 Å². The van der Waals surface area contributed by atoms with E-state index in [0.717, 1.165) is 27.8 Å². The molecule has 0 saturated carbocycles. The minimum atomic E-state index is -0.594. The van der Waals surface area contributed by atoms with E-state index in [-0.39, 0.29) is 5.91 Å². The number of carbonyl (C=O) groups excluding carboxylic acids is 1. The van der Waals surface area contributed by atoms with Crippen LogP contribution in [0.4, 0.5) is 22.9 Å². The molecule has 3 heterocycles. The van der Waals surface area contributed by atoms with Crippen LogP contribution in [0, 0.1) is 11.3 Å². The number of nitrogens with two attached hydrogens (primary N) is 1. The number of pyridine rings is 2. The van der Waals surface area contributed by atoms with Crippen molar-refractivity contribution in [3.05, 3.63) is 83.7 Å². The van der Waals surface area contributed by atoms with Gasteiger partial charge < -0.3 is 16.4 Å². The molecule has 0 bridgehead atoms. The second kappa shape index (κ2) is 6.87. The highest BCUT2D eigenvalue weighted by atomic mass is 16.2. The first-order valence-electron chi connectivity index (χ1n) is 9.35. The number of benzene rings is 2. The van der Waals surface area contributed by atoms with Crippen LogP contribution in [0.3, 0.4) is 0 Å². The summed E-state index contributed by atoms with van der Waals surface area (Å²) in [7, 11) is 0. The average Bonchev–Trinajstić information content (AvgIpc) is 3.10. The SMILES string of the molecule is N#Cc1ccc2c(c1)C(c1cc(Nc3ccc(N)nc3)c3ccccc3n1)C(=O)N2. The Hall–Kier alpha value is -4.44. The Kier molecular flexibility index (Phi) is 4.04. The van der Waals surface area contributed by atoms with Gasteiger partial charge >= 0.3 is 0 Å². The highest BCUT2D eigenvalue weighted by Gasteiger charge is 2.33. The van der Waals surface area contributed by atoms with E-state index < -0.39 is 5.92 Å². The van der Waals surface area contributed by atoms with Crippen LogP contribution >= 0.6 is 0 Å². The monoisotopic (exact) mass is 392 g/mol. The molecule has 144 valence electrons. The van der Waals surface area contributed by atoms with E-state index in [9.17, 15) is 10.1 Å². The van der Waals surface area contributed by atoms with Gasteiger partial charge in [-0.05, 0) is 48.0 Å². The molecule has 2 aromatic heterocycles. The van der Waals surface area contributed by atoms with Gasteiger partial charge in [-0.25, -0.2) is 4.98 Å². The predicted octanol–water partition coefficient (Wildman–Crippen LogP) is 3.91. The molecule has 4 N–H and O–H groups in total. The maximum atomic E-state index is 12.8. The number of nitrogen functional groups attached to an aromatic ring is 1. The van der Waals surface area contributed by atoms with Gasteiger partial charge in [0.25, 0.3) is 0 Å². The van der Waals surface area contributed by atoms with E-state index in [1.165, 1.54) is 0 Å². The minimum Gasteiger partial charge on any atom is -0.384 e. The molecule has 1 unspecified atom stereocenters. The summed E-state index contributed by atoms with van der Waals surface area (Å²) < 4.78 is 0. The van der Waals surface area contributed by atoms with Crippen molar-refractivity contribution < 1.29 is 4.79 Å². The van der Waals surface area contributed by atoms with Gasteiger partial charge in [-0.2, -0.15) is 5.26 Å². The highest BCUT2D eigenvalue weighted by molar-refractivity contribution is 6.05. The van der Waals surface area contributed by atoms with Crippen molar-refractivity contribution in [3.63, 3.8) is 0 Å². The third-order valence-corrected chi connectivity index (χ3v) is 5.11. The molecule has 7 nitrogen and oxygen atoms in total. The summed E-state index contributed by atoms with van der Waals surface area (Å²) in [6.45, 7) is 0. The van der Waals surface area contributed by atoms with Gasteiger partial charge in [0.1, 0.15) is 11.7 Å². The van der Waals surface area contributed by atoms with E-state index in [1.807, 2.05) is 36.4 Å². The molecule has 0 spiro atoms. The van der Waals surface area contributed by atoms with Crippen LogP contribution in [0.5, 0.6) is 0 Å². The molecule has 1 aliphatic heterocycles. The Labute approximate surface area is 172 Å². The van der Waals surface area contributed by atoms with Crippen molar-refractivity contribution >= 4 is 39.7 Å². The summed E-state index contributed by atoms with van der Waals surface area (Å²) in [5.41, 5.74) is 10.6. The van der Waals surface area contributed by atoms with Crippen LogP contribution < -0.4 is 16.4 Å². The molecule has 5 rings (SSSR count). The number of nitrogens with zero attached hydrogens (tertiary/aromatic N) is 3. The zero-order chi connectivity index (χ0) is 20.7. The molecule has 2 aromatic carbocycles. The van der Waals surface area contributed by atoms with Crippen molar-refractivity contribution in [1.29, 1.82) is 5.26 Å². The lowest BCUT2D eigenvalue weighted by Crippen LogP contribution is -2.15. The summed E-state index contributed by atoms with van der Waals surface area (Å²) in [5.74, 6) is -0.320. The lowest BCUT2D eigenvalue weighted by Gasteiger charge is -2.15. The van der Waals surface area contributed by atoms with Crippen LogP contribution in [0.15, 0.2) is 66.9 Å². The van der Waals surface area contributed by atoms with Crippen molar-refractivity contribution in [1.82, 2.24) is 9.97 Å². The summed E-state index contributed by atoms with van der Waals surface area (Å²) >= 11 is 0. The van der Waals surface area contributed by atoms with Gasteiger partial charge in [-0.3, -0.25) is 9.78 Å². The van der Waals surface area contributed by atoms with E-state index in [0.29, 0.717) is 22.8 Å². The van der Waals surface area contributed by atoms with Gasteiger partial charge in [0.2, 0.25) is 5.91 Å². The van der Waals surface area contributed by atoms with Gasteiger partial charge in [0.15, 0.2) is 0 Å². The summed E-state index contributed by atoms with van der Waals surface area (Å²) in [5, 5.41) is 16.4. The number of amides is 1. The zero-order valence-electron chi connectivity index (χ0n) is 15.8. The fourth-order valence-electron chi connectivity index (χ4n) is 3.71. The van der Waals surface area contributed by atoms with E-state index in [1.54, 1.807) is 30.5 Å². The van der Waals surface area contributed by atoms with Crippen LogP contribution in [-0.4, -0.2) is 15.9 Å². The number of hydrogen-bond acceptors (Lipinski definition) is 6. The Morgan fingerprint density at radius 3 is 2.77 bits per heavy atom. The molecule has 0 fully saturated rings. The first kappa shape index (κ1) is 17.6. The number of fused-ring (bicyclic) bond motifs is 2. The first-order chi connectivity index (χ1) is 14.6. The molecule has 0 saturated heterocycles. The lowest BCUT2D eigenvalue weighted by molar-refractivity contribution is -0.116. The molecule has 0 aliphatic carbocycles. The van der Waals surface area contributed by atoms with Crippen LogP contribution in [0.25, 0.3) is 10.9 Å². The van der Waals surface area contributed by atoms with Crippen molar-refractivity contribution in [2.24, 2.45) is 0 Å². The molecule has 1 aliphatic rings. The predicted molar refractivity (Wildman–Crippen MR) is 115 cm³/mol. The largest absolute Gasteiger partial charge is 0.384 e. The van der Waals surface area contributed by atoms with Crippen molar-refractivity contribution in [2.45, 2.75) is 5.92 Å². The highest BCUT2D eigenvalue weighted by Crippen LogP contribution is 2.39. The molecular weight excluding hydrogens is 376 g/mol. The van der Waals surface area contributed by atoms with Crippen molar-refractivity contribution in [3.8, 4) is 6.07 Å². The molecule has 1 amide bonds. The number of hydrogen-bond donors (Lipinski definition) is 3. The molecule has 7 heteroatoms. The van der Waals surface area contributed by atoms with E-state index in [2.05, 4.69) is 21.7 Å². The summed E-state index contributed by atoms with van der Waals surface area (Å²) in [6.07, 6.45) is 1.65. The Morgan fingerprint density at radius 1 is 1.10 bits per heavy atom. The van der Waals surface area contributed by atoms with E-state index in [4.69, 9.17) is 10.7 Å². The van der Waals surface area contributed by atoms with Gasteiger partial charge in [0, 0.05) is 16.8 Å².